The van der Waals surface area contributed by atoms with Gasteiger partial charge in [-0.15, -0.1) is 11.3 Å². The van der Waals surface area contributed by atoms with E-state index in [1.165, 1.54) is 20.5 Å². The molecule has 1 nitrogen and oxygen atoms in total. The van der Waals surface area contributed by atoms with Crippen LogP contribution in [0.5, 0.6) is 0 Å². The molecule has 2 heterocycles. The van der Waals surface area contributed by atoms with Crippen molar-refractivity contribution >= 4 is 21.4 Å². The zero-order valence-electron chi connectivity index (χ0n) is 13.1. The predicted molar refractivity (Wildman–Crippen MR) is 99.9 cm³/mol. The minimum atomic E-state index is 0.563. The quantitative estimate of drug-likeness (QED) is 0.548. The Bertz CT molecular complexity index is 873. The highest BCUT2D eigenvalue weighted by molar-refractivity contribution is 7.22. The summed E-state index contributed by atoms with van der Waals surface area (Å²) in [5.74, 6) is 1.13. The summed E-state index contributed by atoms with van der Waals surface area (Å²) in [6.45, 7) is 2.31. The number of pyridine rings is 1. The maximum Gasteiger partial charge on any atom is 0.0802 e. The van der Waals surface area contributed by atoms with Crippen LogP contribution in [0.2, 0.25) is 0 Å². The first-order valence-corrected chi connectivity index (χ1v) is 8.91. The van der Waals surface area contributed by atoms with Crippen LogP contribution in [0.25, 0.3) is 20.7 Å². The lowest BCUT2D eigenvalue weighted by molar-refractivity contribution is 0.556. The molecule has 23 heavy (non-hydrogen) atoms. The Morgan fingerprint density at radius 3 is 2.91 bits per heavy atom. The molecular formula is C21H19NS. The molecule has 2 aromatic heterocycles. The third-order valence-electron chi connectivity index (χ3n) is 4.57. The zero-order valence-corrected chi connectivity index (χ0v) is 14.0. The van der Waals surface area contributed by atoms with Gasteiger partial charge >= 0.3 is 0 Å². The summed E-state index contributed by atoms with van der Waals surface area (Å²) >= 11 is 1.82. The van der Waals surface area contributed by atoms with Crippen molar-refractivity contribution in [2.24, 2.45) is 5.92 Å². The van der Waals surface area contributed by atoms with E-state index in [1.54, 1.807) is 0 Å². The van der Waals surface area contributed by atoms with Gasteiger partial charge < -0.3 is 0 Å². The summed E-state index contributed by atoms with van der Waals surface area (Å²) in [5, 5.41) is 1.33. The topological polar surface area (TPSA) is 12.9 Å². The molecule has 2 heteroatoms. The maximum absolute atomic E-state index is 4.47. The van der Waals surface area contributed by atoms with Crippen molar-refractivity contribution in [1.29, 1.82) is 0 Å². The van der Waals surface area contributed by atoms with Crippen LogP contribution >= 0.6 is 11.3 Å². The molecular weight excluding hydrogens is 298 g/mol. The number of thiophene rings is 1. The van der Waals surface area contributed by atoms with Crippen LogP contribution in [0.3, 0.4) is 0 Å². The second-order valence-corrected chi connectivity index (χ2v) is 7.22. The fourth-order valence-electron chi connectivity index (χ4n) is 3.26. The fourth-order valence-corrected chi connectivity index (χ4v) is 4.28. The summed E-state index contributed by atoms with van der Waals surface area (Å²) in [7, 11) is 0. The normalized spacial score (nSPS) is 20.7. The van der Waals surface area contributed by atoms with Crippen LogP contribution in [-0.2, 0) is 0 Å². The summed E-state index contributed by atoms with van der Waals surface area (Å²) < 4.78 is 1.33. The molecule has 0 bridgehead atoms. The lowest BCUT2D eigenvalue weighted by Crippen LogP contribution is -2.06. The highest BCUT2D eigenvalue weighted by Gasteiger charge is 2.18. The van der Waals surface area contributed by atoms with Crippen molar-refractivity contribution in [3.63, 3.8) is 0 Å². The molecule has 0 saturated heterocycles. The molecule has 4 rings (SSSR count). The average Bonchev–Trinajstić information content (AvgIpc) is 2.90. The minimum absolute atomic E-state index is 0.563. The summed E-state index contributed by atoms with van der Waals surface area (Å²) in [6.07, 6.45) is 11.9. The molecule has 1 aliphatic rings. The van der Waals surface area contributed by atoms with Gasteiger partial charge in [-0.05, 0) is 59.5 Å². The third-order valence-corrected chi connectivity index (χ3v) is 5.71. The highest BCUT2D eigenvalue weighted by Crippen LogP contribution is 2.37. The number of nitrogens with zero attached hydrogens (tertiary/aromatic N) is 1. The van der Waals surface area contributed by atoms with Gasteiger partial charge in [0.1, 0.15) is 0 Å². The van der Waals surface area contributed by atoms with Gasteiger partial charge in [0.05, 0.1) is 10.6 Å². The molecule has 2 atom stereocenters. The second-order valence-electron chi connectivity index (χ2n) is 6.14. The number of rotatable bonds is 2. The lowest BCUT2D eigenvalue weighted by atomic mass is 9.85. The standard InChI is InChI=1S/C21H19NS/c1-15-7-3-2-4-8-18(15)16-10-11-20-17(13-16)14-21(23-20)19-9-5-6-12-22-19/h2-7,9-15,18H,8H2,1H3. The van der Waals surface area contributed by atoms with Gasteiger partial charge in [-0.2, -0.15) is 0 Å². The fraction of sp³-hybridized carbons (Fsp3) is 0.190. The van der Waals surface area contributed by atoms with Crippen LogP contribution in [0.1, 0.15) is 24.8 Å². The van der Waals surface area contributed by atoms with E-state index >= 15 is 0 Å². The Labute approximate surface area is 141 Å². The van der Waals surface area contributed by atoms with Crippen molar-refractivity contribution in [2.45, 2.75) is 19.3 Å². The van der Waals surface area contributed by atoms with Crippen LogP contribution in [0.4, 0.5) is 0 Å². The van der Waals surface area contributed by atoms with Crippen LogP contribution < -0.4 is 0 Å². The molecule has 0 spiro atoms. The molecule has 0 radical (unpaired) electrons. The summed E-state index contributed by atoms with van der Waals surface area (Å²) in [6, 6.07) is 15.3. The molecule has 1 aliphatic carbocycles. The Morgan fingerprint density at radius 2 is 2.04 bits per heavy atom. The van der Waals surface area contributed by atoms with Gasteiger partial charge in [0.25, 0.3) is 0 Å². The van der Waals surface area contributed by atoms with Crippen LogP contribution in [-0.4, -0.2) is 4.98 Å². The van der Waals surface area contributed by atoms with Gasteiger partial charge in [-0.25, -0.2) is 0 Å². The molecule has 3 aromatic rings. The van der Waals surface area contributed by atoms with E-state index in [0.717, 1.165) is 12.1 Å². The largest absolute Gasteiger partial charge is 0.255 e. The van der Waals surface area contributed by atoms with Crippen LogP contribution in [0, 0.1) is 5.92 Å². The van der Waals surface area contributed by atoms with Crippen LogP contribution in [0.15, 0.2) is 73.0 Å². The van der Waals surface area contributed by atoms with E-state index in [4.69, 9.17) is 0 Å². The Kier molecular flexibility index (Phi) is 3.84. The molecule has 0 N–H and O–H groups in total. The average molecular weight is 317 g/mol. The first kappa shape index (κ1) is 14.4. The molecule has 0 fully saturated rings. The van der Waals surface area contributed by atoms with E-state index < -0.39 is 0 Å². The second kappa shape index (κ2) is 6.13. The van der Waals surface area contributed by atoms with E-state index in [1.807, 2.05) is 29.7 Å². The smallest absolute Gasteiger partial charge is 0.0802 e. The van der Waals surface area contributed by atoms with E-state index in [2.05, 4.69) is 66.5 Å². The summed E-state index contributed by atoms with van der Waals surface area (Å²) in [4.78, 5) is 5.72. The van der Waals surface area contributed by atoms with Crippen molar-refractivity contribution in [3.8, 4) is 10.6 Å². The van der Waals surface area contributed by atoms with Crippen molar-refractivity contribution < 1.29 is 0 Å². The first-order chi connectivity index (χ1) is 11.3. The van der Waals surface area contributed by atoms with Gasteiger partial charge in [0, 0.05) is 10.9 Å². The van der Waals surface area contributed by atoms with E-state index in [9.17, 15) is 0 Å². The summed E-state index contributed by atoms with van der Waals surface area (Å²) in [5.41, 5.74) is 2.50. The SMILES string of the molecule is CC1C=CC=CCC1c1ccc2sc(-c3ccccn3)cc2c1. The molecule has 1 aromatic carbocycles. The Morgan fingerprint density at radius 1 is 1.09 bits per heavy atom. The van der Waals surface area contributed by atoms with Gasteiger partial charge in [-0.1, -0.05) is 43.4 Å². The molecule has 0 amide bonds. The number of aromatic nitrogens is 1. The monoisotopic (exact) mass is 317 g/mol. The third kappa shape index (κ3) is 2.87. The Balaban J connectivity index is 1.73. The maximum atomic E-state index is 4.47. The molecule has 0 saturated carbocycles. The number of fused-ring (bicyclic) bond motifs is 1. The number of benzene rings is 1. The Hall–Kier alpha value is -2.19. The number of hydrogen-bond donors (Lipinski definition) is 0. The van der Waals surface area contributed by atoms with Crippen molar-refractivity contribution in [3.05, 3.63) is 78.5 Å². The number of allylic oxidation sites excluding steroid dienone is 4. The predicted octanol–water partition coefficient (Wildman–Crippen LogP) is 6.20. The van der Waals surface area contributed by atoms with E-state index in [0.29, 0.717) is 11.8 Å². The van der Waals surface area contributed by atoms with Gasteiger partial charge in [0.2, 0.25) is 0 Å². The number of hydrogen-bond acceptors (Lipinski definition) is 2. The van der Waals surface area contributed by atoms with E-state index in [-0.39, 0.29) is 0 Å². The first-order valence-electron chi connectivity index (χ1n) is 8.09. The molecule has 0 aliphatic heterocycles. The highest BCUT2D eigenvalue weighted by atomic mass is 32.1. The molecule has 2 unspecified atom stereocenters. The van der Waals surface area contributed by atoms with Crippen molar-refractivity contribution in [2.75, 3.05) is 0 Å². The van der Waals surface area contributed by atoms with Gasteiger partial charge in [0.15, 0.2) is 0 Å². The minimum Gasteiger partial charge on any atom is -0.255 e. The zero-order chi connectivity index (χ0) is 15.6. The molecule has 114 valence electrons. The van der Waals surface area contributed by atoms with Gasteiger partial charge in [-0.3, -0.25) is 4.98 Å². The van der Waals surface area contributed by atoms with Crippen molar-refractivity contribution in [1.82, 2.24) is 4.98 Å². The lowest BCUT2D eigenvalue weighted by Gasteiger charge is -2.19.